The van der Waals surface area contributed by atoms with E-state index in [0.717, 1.165) is 35.6 Å². The molecule has 3 heterocycles. The molecule has 2 amide bonds. The van der Waals surface area contributed by atoms with Crippen LogP contribution in [0.25, 0.3) is 0 Å². The predicted molar refractivity (Wildman–Crippen MR) is 125 cm³/mol. The average Bonchev–Trinajstić information content (AvgIpc) is 3.38. The van der Waals surface area contributed by atoms with Crippen LogP contribution in [0, 0.1) is 25.7 Å². The summed E-state index contributed by atoms with van der Waals surface area (Å²) in [7, 11) is 0. The number of benzene rings is 1. The molecule has 4 rings (SSSR count). The van der Waals surface area contributed by atoms with E-state index in [1.807, 2.05) is 30.9 Å². The van der Waals surface area contributed by atoms with E-state index in [4.69, 9.17) is 4.74 Å². The molecular formula is C25H35N5O3. The van der Waals surface area contributed by atoms with E-state index in [1.165, 1.54) is 0 Å². The van der Waals surface area contributed by atoms with Crippen LogP contribution in [0.1, 0.15) is 65.9 Å². The number of rotatable bonds is 6. The zero-order chi connectivity index (χ0) is 23.5. The number of aromatic nitrogens is 3. The van der Waals surface area contributed by atoms with E-state index in [0.29, 0.717) is 50.8 Å². The molecule has 8 nitrogen and oxygen atoms in total. The number of hydrogen-bond acceptors (Lipinski definition) is 5. The van der Waals surface area contributed by atoms with E-state index >= 15 is 0 Å². The first-order valence-corrected chi connectivity index (χ1v) is 12.0. The monoisotopic (exact) mass is 453 g/mol. The first kappa shape index (κ1) is 23.4. The highest BCUT2D eigenvalue weighted by atomic mass is 16.5. The van der Waals surface area contributed by atoms with Gasteiger partial charge in [0.15, 0.2) is 5.82 Å². The second-order valence-electron chi connectivity index (χ2n) is 9.79. The number of hydrogen-bond donors (Lipinski definition) is 1. The fraction of sp³-hybridized carbons (Fsp3) is 0.600. The number of carbonyl (C=O) groups excluding carboxylic acids is 2. The van der Waals surface area contributed by atoms with E-state index in [1.54, 1.807) is 0 Å². The number of ether oxygens (including phenoxy) is 1. The minimum Gasteiger partial charge on any atom is -0.381 e. The maximum Gasteiger partial charge on any atom is 0.251 e. The number of fused-ring (bicyclic) bond motifs is 1. The van der Waals surface area contributed by atoms with Gasteiger partial charge in [-0.3, -0.25) is 9.59 Å². The van der Waals surface area contributed by atoms with Crippen molar-refractivity contribution in [2.24, 2.45) is 11.8 Å². The summed E-state index contributed by atoms with van der Waals surface area (Å²) < 4.78 is 7.51. The third-order valence-electron chi connectivity index (χ3n) is 6.45. The van der Waals surface area contributed by atoms with Crippen LogP contribution in [-0.2, 0) is 22.5 Å². The molecule has 2 aliphatic rings. The Bertz CT molecular complexity index is 989. The second kappa shape index (κ2) is 10.0. The molecule has 1 aromatic heterocycles. The van der Waals surface area contributed by atoms with Crippen LogP contribution in [0.15, 0.2) is 18.2 Å². The van der Waals surface area contributed by atoms with Crippen molar-refractivity contribution in [3.63, 3.8) is 0 Å². The lowest BCUT2D eigenvalue weighted by atomic mass is 10.0. The van der Waals surface area contributed by atoms with Crippen molar-refractivity contribution in [2.75, 3.05) is 26.3 Å². The van der Waals surface area contributed by atoms with E-state index in [2.05, 4.69) is 40.0 Å². The van der Waals surface area contributed by atoms with Gasteiger partial charge in [-0.15, -0.1) is 10.2 Å². The molecule has 1 aromatic carbocycles. The van der Waals surface area contributed by atoms with Gasteiger partial charge in [0, 0.05) is 38.2 Å². The third kappa shape index (κ3) is 5.43. The Morgan fingerprint density at radius 1 is 1.12 bits per heavy atom. The molecule has 1 N–H and O–H groups in total. The highest BCUT2D eigenvalue weighted by Crippen LogP contribution is 2.24. The Hall–Kier alpha value is -2.74. The largest absolute Gasteiger partial charge is 0.381 e. The van der Waals surface area contributed by atoms with Gasteiger partial charge in [0.2, 0.25) is 5.91 Å². The fourth-order valence-electron chi connectivity index (χ4n) is 4.86. The second-order valence-corrected chi connectivity index (χ2v) is 9.79. The number of nitrogens with zero attached hydrogens (tertiary/aromatic N) is 4. The van der Waals surface area contributed by atoms with Gasteiger partial charge in [-0.2, -0.15) is 0 Å². The van der Waals surface area contributed by atoms with E-state index < -0.39 is 0 Å². The quantitative estimate of drug-likeness (QED) is 0.727. The van der Waals surface area contributed by atoms with Crippen LogP contribution in [0.3, 0.4) is 0 Å². The fourth-order valence-corrected chi connectivity index (χ4v) is 4.86. The van der Waals surface area contributed by atoms with Gasteiger partial charge in [-0.05, 0) is 44.7 Å². The lowest BCUT2D eigenvalue weighted by molar-refractivity contribution is -0.135. The van der Waals surface area contributed by atoms with Crippen LogP contribution in [0.2, 0.25) is 0 Å². The Balaban J connectivity index is 1.52. The molecule has 2 aliphatic heterocycles. The minimum absolute atomic E-state index is 0.0289. The number of aryl methyl sites for hydroxylation is 2. The van der Waals surface area contributed by atoms with Crippen molar-refractivity contribution < 1.29 is 14.3 Å². The van der Waals surface area contributed by atoms with E-state index in [9.17, 15) is 9.59 Å². The molecule has 1 saturated heterocycles. The molecule has 8 heteroatoms. The summed E-state index contributed by atoms with van der Waals surface area (Å²) in [5.41, 5.74) is 2.79. The standard InChI is InChI=1S/C25H35N5O3/c1-16(2)11-21(26-24(31)20-13-17(3)12-18(4)14-20)23-28-27-22-5-7-29(8-9-30(22)23)25(32)19-6-10-33-15-19/h12-14,16,19,21H,5-11,15H2,1-4H3,(H,26,31)/t19-,21-/m0/s1. The van der Waals surface area contributed by atoms with Crippen LogP contribution < -0.4 is 5.32 Å². The van der Waals surface area contributed by atoms with Crippen molar-refractivity contribution in [1.82, 2.24) is 25.0 Å². The zero-order valence-corrected chi connectivity index (χ0v) is 20.1. The van der Waals surface area contributed by atoms with Gasteiger partial charge in [0.25, 0.3) is 5.91 Å². The van der Waals surface area contributed by atoms with Crippen molar-refractivity contribution in [1.29, 1.82) is 0 Å². The van der Waals surface area contributed by atoms with Gasteiger partial charge in [0.1, 0.15) is 5.82 Å². The summed E-state index contributed by atoms with van der Waals surface area (Å²) >= 11 is 0. The maximum atomic E-state index is 13.1. The Kier molecular flexibility index (Phi) is 7.12. The lowest BCUT2D eigenvalue weighted by Crippen LogP contribution is -2.38. The van der Waals surface area contributed by atoms with Crippen molar-refractivity contribution in [3.8, 4) is 0 Å². The summed E-state index contributed by atoms with van der Waals surface area (Å²) in [6, 6.07) is 5.64. The van der Waals surface area contributed by atoms with E-state index in [-0.39, 0.29) is 23.8 Å². The molecular weight excluding hydrogens is 418 g/mol. The van der Waals surface area contributed by atoms with Crippen LogP contribution in [-0.4, -0.2) is 57.8 Å². The molecule has 33 heavy (non-hydrogen) atoms. The number of carbonyl (C=O) groups is 2. The minimum atomic E-state index is -0.245. The Morgan fingerprint density at radius 2 is 1.88 bits per heavy atom. The van der Waals surface area contributed by atoms with Gasteiger partial charge in [0.05, 0.1) is 18.6 Å². The van der Waals surface area contributed by atoms with Gasteiger partial charge in [-0.1, -0.05) is 31.0 Å². The smallest absolute Gasteiger partial charge is 0.251 e. The average molecular weight is 454 g/mol. The van der Waals surface area contributed by atoms with Crippen molar-refractivity contribution >= 4 is 11.8 Å². The third-order valence-corrected chi connectivity index (χ3v) is 6.45. The lowest BCUT2D eigenvalue weighted by Gasteiger charge is -2.24. The number of nitrogens with one attached hydrogen (secondary N) is 1. The van der Waals surface area contributed by atoms with Crippen LogP contribution >= 0.6 is 0 Å². The first-order valence-electron chi connectivity index (χ1n) is 12.0. The highest BCUT2D eigenvalue weighted by molar-refractivity contribution is 5.94. The maximum absolute atomic E-state index is 13.1. The molecule has 2 aromatic rings. The summed E-state index contributed by atoms with van der Waals surface area (Å²) in [6.45, 7) is 11.3. The molecule has 178 valence electrons. The topological polar surface area (TPSA) is 89.4 Å². The highest BCUT2D eigenvalue weighted by Gasteiger charge is 2.31. The molecule has 0 spiro atoms. The van der Waals surface area contributed by atoms with Crippen molar-refractivity contribution in [3.05, 3.63) is 46.5 Å². The Morgan fingerprint density at radius 3 is 2.55 bits per heavy atom. The first-order chi connectivity index (χ1) is 15.8. The summed E-state index contributed by atoms with van der Waals surface area (Å²) in [5.74, 6) is 2.06. The molecule has 0 bridgehead atoms. The van der Waals surface area contributed by atoms with Crippen molar-refractivity contribution in [2.45, 2.75) is 59.5 Å². The summed E-state index contributed by atoms with van der Waals surface area (Å²) in [5, 5.41) is 12.2. The molecule has 2 atom stereocenters. The predicted octanol–water partition coefficient (Wildman–Crippen LogP) is 2.83. The number of amides is 2. The van der Waals surface area contributed by atoms with Gasteiger partial charge < -0.3 is 19.5 Å². The van der Waals surface area contributed by atoms with Crippen LogP contribution in [0.4, 0.5) is 0 Å². The molecule has 0 aliphatic carbocycles. The molecule has 0 unspecified atom stereocenters. The summed E-state index contributed by atoms with van der Waals surface area (Å²) in [4.78, 5) is 28.0. The SMILES string of the molecule is Cc1cc(C)cc(C(=O)N[C@@H](CC(C)C)c2nnc3n2CCN(C(=O)[C@H]2CCOC2)CC3)c1. The molecule has 0 saturated carbocycles. The van der Waals surface area contributed by atoms with Crippen LogP contribution in [0.5, 0.6) is 0 Å². The zero-order valence-electron chi connectivity index (χ0n) is 20.1. The summed E-state index contributed by atoms with van der Waals surface area (Å²) in [6.07, 6.45) is 2.22. The normalized spacial score (nSPS) is 19.3. The Labute approximate surface area is 195 Å². The molecule has 0 radical (unpaired) electrons. The van der Waals surface area contributed by atoms with Gasteiger partial charge in [-0.25, -0.2) is 0 Å². The van der Waals surface area contributed by atoms with Gasteiger partial charge >= 0.3 is 0 Å². The molecule has 1 fully saturated rings.